The summed E-state index contributed by atoms with van der Waals surface area (Å²) in [7, 11) is 0. The van der Waals surface area contributed by atoms with E-state index in [1.807, 2.05) is 18.2 Å². The van der Waals surface area contributed by atoms with Crippen LogP contribution in [0.25, 0.3) is 0 Å². The molecule has 1 saturated carbocycles. The first-order valence-electron chi connectivity index (χ1n) is 6.65. The van der Waals surface area contributed by atoms with E-state index in [4.69, 9.17) is 34.8 Å². The normalized spacial score (nSPS) is 20.0. The molecule has 1 atom stereocenters. The Morgan fingerprint density at radius 3 is 2.39 bits per heavy atom. The Morgan fingerprint density at radius 2 is 1.83 bits per heavy atom. The van der Waals surface area contributed by atoms with Gasteiger partial charge in [-0.3, -0.25) is 0 Å². The fraction of sp³-hybridized carbons (Fsp3) is 0.600. The number of hydrogen-bond donors (Lipinski definition) is 0. The van der Waals surface area contributed by atoms with Gasteiger partial charge in [-0.05, 0) is 48.8 Å². The number of rotatable bonds is 4. The molecular weight excluding hydrogens is 287 g/mol. The maximum absolute atomic E-state index is 6.69. The second-order valence-corrected chi connectivity index (χ2v) is 6.68. The molecule has 1 fully saturated rings. The Bertz CT molecular complexity index is 408. The highest BCUT2D eigenvalue weighted by Crippen LogP contribution is 2.47. The lowest BCUT2D eigenvalue weighted by atomic mass is 9.78. The molecule has 1 aliphatic carbocycles. The summed E-state index contributed by atoms with van der Waals surface area (Å²) in [6.45, 7) is 2.26. The maximum Gasteiger partial charge on any atom is 0.0595 e. The minimum absolute atomic E-state index is 0.197. The van der Waals surface area contributed by atoms with Crippen LogP contribution in [0.5, 0.6) is 0 Å². The van der Waals surface area contributed by atoms with E-state index in [0.29, 0.717) is 15.5 Å². The summed E-state index contributed by atoms with van der Waals surface area (Å²) in [6, 6.07) is 5.83. The van der Waals surface area contributed by atoms with Gasteiger partial charge < -0.3 is 0 Å². The van der Waals surface area contributed by atoms with Crippen molar-refractivity contribution < 1.29 is 0 Å². The van der Waals surface area contributed by atoms with Gasteiger partial charge in [-0.1, -0.05) is 49.0 Å². The molecule has 0 radical (unpaired) electrons. The highest BCUT2D eigenvalue weighted by molar-refractivity contribution is 6.42. The summed E-state index contributed by atoms with van der Waals surface area (Å²) in [5.74, 6) is 0. The molecule has 2 rings (SSSR count). The molecule has 1 unspecified atom stereocenters. The Morgan fingerprint density at radius 1 is 1.17 bits per heavy atom. The van der Waals surface area contributed by atoms with E-state index >= 15 is 0 Å². The highest BCUT2D eigenvalue weighted by Gasteiger charge is 2.38. The van der Waals surface area contributed by atoms with E-state index in [-0.39, 0.29) is 5.38 Å². The van der Waals surface area contributed by atoms with Crippen molar-refractivity contribution in [2.45, 2.75) is 50.8 Å². The molecule has 0 spiro atoms. The van der Waals surface area contributed by atoms with Crippen molar-refractivity contribution in [3.8, 4) is 0 Å². The van der Waals surface area contributed by atoms with Crippen molar-refractivity contribution >= 4 is 34.8 Å². The van der Waals surface area contributed by atoms with Crippen molar-refractivity contribution in [2.75, 3.05) is 0 Å². The molecule has 0 aromatic heterocycles. The van der Waals surface area contributed by atoms with Crippen molar-refractivity contribution in [1.82, 2.24) is 0 Å². The summed E-state index contributed by atoms with van der Waals surface area (Å²) >= 11 is 18.7. The van der Waals surface area contributed by atoms with E-state index in [1.54, 1.807) is 0 Å². The zero-order valence-electron chi connectivity index (χ0n) is 10.7. The topological polar surface area (TPSA) is 0 Å². The highest BCUT2D eigenvalue weighted by atomic mass is 35.5. The van der Waals surface area contributed by atoms with E-state index in [0.717, 1.165) is 6.42 Å². The smallest absolute Gasteiger partial charge is 0.0595 e. The average Bonchev–Trinajstić information content (AvgIpc) is 2.84. The summed E-state index contributed by atoms with van der Waals surface area (Å²) in [4.78, 5) is 0. The van der Waals surface area contributed by atoms with Gasteiger partial charge in [-0.15, -0.1) is 11.6 Å². The summed E-state index contributed by atoms with van der Waals surface area (Å²) in [6.07, 6.45) is 7.21. The van der Waals surface area contributed by atoms with Crippen molar-refractivity contribution in [1.29, 1.82) is 0 Å². The first-order valence-corrected chi connectivity index (χ1v) is 7.84. The largest absolute Gasteiger partial charge is 0.122 e. The minimum Gasteiger partial charge on any atom is -0.122 e. The lowest BCUT2D eigenvalue weighted by molar-refractivity contribution is 0.267. The van der Waals surface area contributed by atoms with Crippen molar-refractivity contribution in [3.63, 3.8) is 0 Å². The number of hydrogen-bond acceptors (Lipinski definition) is 0. The summed E-state index contributed by atoms with van der Waals surface area (Å²) in [5, 5.41) is 1.43. The van der Waals surface area contributed by atoms with Crippen LogP contribution < -0.4 is 0 Å². The molecule has 0 N–H and O–H groups in total. The maximum atomic E-state index is 6.69. The number of benzene rings is 1. The Labute approximate surface area is 125 Å². The van der Waals surface area contributed by atoms with Gasteiger partial charge in [0.25, 0.3) is 0 Å². The van der Waals surface area contributed by atoms with Crippen LogP contribution in [0.15, 0.2) is 18.2 Å². The first kappa shape index (κ1) is 14.5. The molecule has 0 bridgehead atoms. The zero-order valence-corrected chi connectivity index (χ0v) is 13.0. The molecule has 3 heteroatoms. The third-order valence-corrected chi connectivity index (χ3v) is 5.72. The summed E-state index contributed by atoms with van der Waals surface area (Å²) in [5.41, 5.74) is 1.51. The average molecular weight is 306 g/mol. The Kier molecular flexibility index (Phi) is 4.86. The van der Waals surface area contributed by atoms with Crippen LogP contribution in [0.3, 0.4) is 0 Å². The SMILES string of the molecule is CCC1(C(Cl)Cc2ccc(Cl)c(Cl)c2)CCCC1. The van der Waals surface area contributed by atoms with E-state index in [2.05, 4.69) is 6.92 Å². The minimum atomic E-state index is 0.197. The molecule has 0 saturated heterocycles. The van der Waals surface area contributed by atoms with E-state index in [9.17, 15) is 0 Å². The molecule has 1 aromatic carbocycles. The van der Waals surface area contributed by atoms with Gasteiger partial charge in [0, 0.05) is 5.38 Å². The quantitative estimate of drug-likeness (QED) is 0.588. The Hall–Kier alpha value is 0.0900. The lowest BCUT2D eigenvalue weighted by Gasteiger charge is -2.33. The first-order chi connectivity index (χ1) is 8.57. The Balaban J connectivity index is 2.10. The standard InChI is InChI=1S/C15H19Cl3/c1-2-15(7-3-4-8-15)14(18)10-11-5-6-12(16)13(17)9-11/h5-6,9,14H,2-4,7-8,10H2,1H3. The second kappa shape index (κ2) is 6.03. The van der Waals surface area contributed by atoms with E-state index in [1.165, 1.54) is 37.7 Å². The molecule has 18 heavy (non-hydrogen) atoms. The van der Waals surface area contributed by atoms with Crippen LogP contribution in [0, 0.1) is 5.41 Å². The molecular formula is C15H19Cl3. The number of alkyl halides is 1. The molecule has 100 valence electrons. The van der Waals surface area contributed by atoms with Crippen LogP contribution in [0.4, 0.5) is 0 Å². The third-order valence-electron chi connectivity index (χ3n) is 4.37. The van der Waals surface area contributed by atoms with Gasteiger partial charge in [0.15, 0.2) is 0 Å². The van der Waals surface area contributed by atoms with Gasteiger partial charge in [-0.25, -0.2) is 0 Å². The molecule has 0 nitrogen and oxygen atoms in total. The number of halogens is 3. The van der Waals surface area contributed by atoms with E-state index < -0.39 is 0 Å². The molecule has 1 aliphatic rings. The van der Waals surface area contributed by atoms with Crippen molar-refractivity contribution in [3.05, 3.63) is 33.8 Å². The predicted octanol–water partition coefficient (Wildman–Crippen LogP) is 6.11. The van der Waals surface area contributed by atoms with Gasteiger partial charge in [0.2, 0.25) is 0 Å². The van der Waals surface area contributed by atoms with Crippen LogP contribution in [-0.4, -0.2) is 5.38 Å². The monoisotopic (exact) mass is 304 g/mol. The fourth-order valence-corrected chi connectivity index (χ4v) is 3.93. The van der Waals surface area contributed by atoms with Crippen molar-refractivity contribution in [2.24, 2.45) is 5.41 Å². The van der Waals surface area contributed by atoms with Gasteiger partial charge in [0.05, 0.1) is 10.0 Å². The molecule has 0 aliphatic heterocycles. The third kappa shape index (κ3) is 2.98. The van der Waals surface area contributed by atoms with Gasteiger partial charge >= 0.3 is 0 Å². The van der Waals surface area contributed by atoms with Crippen LogP contribution in [0.1, 0.15) is 44.6 Å². The second-order valence-electron chi connectivity index (χ2n) is 5.34. The molecule has 1 aromatic rings. The molecule has 0 heterocycles. The predicted molar refractivity (Wildman–Crippen MR) is 81.0 cm³/mol. The zero-order chi connectivity index (χ0) is 13.2. The van der Waals surface area contributed by atoms with Crippen LogP contribution >= 0.6 is 34.8 Å². The summed E-state index contributed by atoms with van der Waals surface area (Å²) < 4.78 is 0. The van der Waals surface area contributed by atoms with Crippen LogP contribution in [-0.2, 0) is 6.42 Å². The van der Waals surface area contributed by atoms with Crippen LogP contribution in [0.2, 0.25) is 10.0 Å². The van der Waals surface area contributed by atoms with Gasteiger partial charge in [0.1, 0.15) is 0 Å². The fourth-order valence-electron chi connectivity index (χ4n) is 3.06. The lowest BCUT2D eigenvalue weighted by Crippen LogP contribution is -2.29. The molecule has 0 amide bonds. The van der Waals surface area contributed by atoms with Gasteiger partial charge in [-0.2, -0.15) is 0 Å².